The Kier molecular flexibility index (Phi) is 7.12. The molecule has 8 nitrogen and oxygen atoms in total. The predicted molar refractivity (Wildman–Crippen MR) is 108 cm³/mol. The van der Waals surface area contributed by atoms with Gasteiger partial charge in [-0.05, 0) is 62.2 Å². The number of hydrogen-bond donors (Lipinski definition) is 1. The van der Waals surface area contributed by atoms with Crippen LogP contribution in [0.3, 0.4) is 0 Å². The summed E-state index contributed by atoms with van der Waals surface area (Å²) in [5.41, 5.74) is 2.65. The van der Waals surface area contributed by atoms with Crippen molar-refractivity contribution in [3.05, 3.63) is 59.2 Å². The molecule has 156 valence electrons. The summed E-state index contributed by atoms with van der Waals surface area (Å²) in [4.78, 5) is 29.3. The van der Waals surface area contributed by atoms with E-state index in [4.69, 9.17) is 9.57 Å². The average molecular weight is 420 g/mol. The van der Waals surface area contributed by atoms with Gasteiger partial charge in [0.15, 0.2) is 6.10 Å². The minimum absolute atomic E-state index is 0.0425. The number of sulfonamides is 1. The molecule has 0 unspecified atom stereocenters. The number of ether oxygens (including phenoxy) is 1. The van der Waals surface area contributed by atoms with Crippen LogP contribution in [-0.4, -0.2) is 45.0 Å². The molecule has 1 N–H and O–H groups in total. The molecule has 9 heteroatoms. The van der Waals surface area contributed by atoms with Crippen molar-refractivity contribution < 1.29 is 27.6 Å². The number of hydrogen-bond acceptors (Lipinski definition) is 6. The van der Waals surface area contributed by atoms with E-state index >= 15 is 0 Å². The van der Waals surface area contributed by atoms with Crippen LogP contribution in [0, 0.1) is 13.8 Å². The monoisotopic (exact) mass is 420 g/mol. The second-order valence-corrected chi connectivity index (χ2v) is 8.41. The lowest BCUT2D eigenvalue weighted by Crippen LogP contribution is -2.30. The molecule has 2 rings (SSSR count). The van der Waals surface area contributed by atoms with E-state index < -0.39 is 28.0 Å². The number of hydroxylamine groups is 1. The SMILES string of the molecule is CON(C)S(=O)(=O)c1ccc(C(=O)O[C@H](C)C(=O)Nc2cc(C)ccc2C)cc1. The lowest BCUT2D eigenvalue weighted by molar-refractivity contribution is -0.123. The van der Waals surface area contributed by atoms with Gasteiger partial charge in [0.25, 0.3) is 15.9 Å². The Bertz CT molecular complexity index is 1000. The molecular formula is C20H24N2O6S. The van der Waals surface area contributed by atoms with Crippen LogP contribution >= 0.6 is 0 Å². The van der Waals surface area contributed by atoms with Crippen molar-refractivity contribution in [1.82, 2.24) is 4.47 Å². The Morgan fingerprint density at radius 2 is 1.69 bits per heavy atom. The molecule has 0 bridgehead atoms. The van der Waals surface area contributed by atoms with Gasteiger partial charge in [0, 0.05) is 12.7 Å². The Labute approximate surface area is 170 Å². The van der Waals surface area contributed by atoms with Crippen molar-refractivity contribution in [1.29, 1.82) is 0 Å². The van der Waals surface area contributed by atoms with Gasteiger partial charge in [-0.15, -0.1) is 0 Å². The number of nitrogens with one attached hydrogen (secondary N) is 1. The molecule has 0 saturated heterocycles. The van der Waals surface area contributed by atoms with E-state index in [1.54, 1.807) is 0 Å². The highest BCUT2D eigenvalue weighted by Crippen LogP contribution is 2.18. The number of aryl methyl sites for hydroxylation is 2. The second-order valence-electron chi connectivity index (χ2n) is 6.48. The van der Waals surface area contributed by atoms with Gasteiger partial charge in [-0.1, -0.05) is 16.6 Å². The van der Waals surface area contributed by atoms with Crippen LogP contribution in [0.5, 0.6) is 0 Å². The second kappa shape index (κ2) is 9.17. The van der Waals surface area contributed by atoms with Crippen LogP contribution in [0.2, 0.25) is 0 Å². The Hall–Kier alpha value is -2.75. The number of rotatable bonds is 7. The molecular weight excluding hydrogens is 396 g/mol. The van der Waals surface area contributed by atoms with E-state index in [-0.39, 0.29) is 10.5 Å². The van der Waals surface area contributed by atoms with Crippen molar-refractivity contribution in [2.45, 2.75) is 31.8 Å². The lowest BCUT2D eigenvalue weighted by atomic mass is 10.1. The summed E-state index contributed by atoms with van der Waals surface area (Å²) < 4.78 is 30.2. The van der Waals surface area contributed by atoms with Gasteiger partial charge in [0.2, 0.25) is 0 Å². The fourth-order valence-corrected chi connectivity index (χ4v) is 3.37. The number of esters is 1. The predicted octanol–water partition coefficient (Wildman–Crippen LogP) is 2.67. The molecule has 1 atom stereocenters. The summed E-state index contributed by atoms with van der Waals surface area (Å²) >= 11 is 0. The molecule has 0 aliphatic heterocycles. The van der Waals surface area contributed by atoms with Crippen molar-refractivity contribution in [2.24, 2.45) is 0 Å². The minimum Gasteiger partial charge on any atom is -0.449 e. The largest absolute Gasteiger partial charge is 0.449 e. The number of carbonyl (C=O) groups excluding carboxylic acids is 2. The molecule has 0 saturated carbocycles. The molecule has 2 aromatic carbocycles. The highest BCUT2D eigenvalue weighted by atomic mass is 32.2. The van der Waals surface area contributed by atoms with Gasteiger partial charge < -0.3 is 10.1 Å². The van der Waals surface area contributed by atoms with Crippen molar-refractivity contribution in [2.75, 3.05) is 19.5 Å². The van der Waals surface area contributed by atoms with E-state index in [1.807, 2.05) is 32.0 Å². The van der Waals surface area contributed by atoms with Crippen LogP contribution in [-0.2, 0) is 24.4 Å². The topological polar surface area (TPSA) is 102 Å². The molecule has 2 aromatic rings. The molecule has 0 aliphatic carbocycles. The minimum atomic E-state index is -3.82. The van der Waals surface area contributed by atoms with Gasteiger partial charge >= 0.3 is 5.97 Å². The summed E-state index contributed by atoms with van der Waals surface area (Å²) in [6.07, 6.45) is -1.04. The quantitative estimate of drug-likeness (QED) is 0.546. The maximum absolute atomic E-state index is 12.3. The molecule has 0 heterocycles. The van der Waals surface area contributed by atoms with Crippen LogP contribution in [0.25, 0.3) is 0 Å². The van der Waals surface area contributed by atoms with Crippen molar-refractivity contribution >= 4 is 27.6 Å². The molecule has 29 heavy (non-hydrogen) atoms. The van der Waals surface area contributed by atoms with E-state index in [1.165, 1.54) is 45.3 Å². The maximum atomic E-state index is 12.3. The summed E-state index contributed by atoms with van der Waals surface area (Å²) in [6, 6.07) is 10.8. The molecule has 0 aromatic heterocycles. The summed E-state index contributed by atoms with van der Waals surface area (Å²) in [5.74, 6) is -1.20. The van der Waals surface area contributed by atoms with Crippen molar-refractivity contribution in [3.8, 4) is 0 Å². The number of nitrogens with zero attached hydrogens (tertiary/aromatic N) is 1. The van der Waals surface area contributed by atoms with E-state index in [0.717, 1.165) is 11.1 Å². The number of anilines is 1. The van der Waals surface area contributed by atoms with E-state index in [2.05, 4.69) is 5.32 Å². The van der Waals surface area contributed by atoms with Crippen LogP contribution in [0.4, 0.5) is 5.69 Å². The van der Waals surface area contributed by atoms with Gasteiger partial charge in [-0.3, -0.25) is 9.63 Å². The fraction of sp³-hybridized carbons (Fsp3) is 0.300. The summed E-state index contributed by atoms with van der Waals surface area (Å²) in [7, 11) is -1.33. The first-order valence-electron chi connectivity index (χ1n) is 8.78. The van der Waals surface area contributed by atoms with Crippen LogP contribution in [0.15, 0.2) is 47.4 Å². The zero-order valence-electron chi connectivity index (χ0n) is 16.9. The summed E-state index contributed by atoms with van der Waals surface area (Å²) in [5, 5.41) is 2.74. The first kappa shape index (κ1) is 22.5. The standard InChI is InChI=1S/C20H24N2O6S/c1-13-6-7-14(2)18(12-13)21-19(23)15(3)28-20(24)16-8-10-17(11-9-16)29(25,26)22(4)27-5/h6-12,15H,1-5H3,(H,21,23)/t15-/m1/s1. The molecule has 0 spiro atoms. The fourth-order valence-electron chi connectivity index (χ4n) is 2.40. The van der Waals surface area contributed by atoms with Crippen LogP contribution < -0.4 is 5.32 Å². The zero-order chi connectivity index (χ0) is 21.8. The third-order valence-electron chi connectivity index (χ3n) is 4.29. The zero-order valence-corrected chi connectivity index (χ0v) is 17.7. The Morgan fingerprint density at radius 3 is 2.28 bits per heavy atom. The normalized spacial score (nSPS) is 12.5. The van der Waals surface area contributed by atoms with Crippen LogP contribution in [0.1, 0.15) is 28.4 Å². The Morgan fingerprint density at radius 1 is 1.07 bits per heavy atom. The third kappa shape index (κ3) is 5.41. The smallest absolute Gasteiger partial charge is 0.338 e. The van der Waals surface area contributed by atoms with E-state index in [9.17, 15) is 18.0 Å². The van der Waals surface area contributed by atoms with Gasteiger partial charge in [-0.2, -0.15) is 0 Å². The highest BCUT2D eigenvalue weighted by Gasteiger charge is 2.23. The first-order chi connectivity index (χ1) is 13.6. The summed E-state index contributed by atoms with van der Waals surface area (Å²) in [6.45, 7) is 5.24. The number of benzene rings is 2. The molecule has 0 radical (unpaired) electrons. The lowest BCUT2D eigenvalue weighted by Gasteiger charge is -2.16. The molecule has 0 aliphatic rings. The molecule has 0 fully saturated rings. The Balaban J connectivity index is 2.05. The van der Waals surface area contributed by atoms with E-state index in [0.29, 0.717) is 10.2 Å². The first-order valence-corrected chi connectivity index (χ1v) is 10.2. The maximum Gasteiger partial charge on any atom is 0.338 e. The van der Waals surface area contributed by atoms with Crippen molar-refractivity contribution in [3.63, 3.8) is 0 Å². The highest BCUT2D eigenvalue weighted by molar-refractivity contribution is 7.89. The third-order valence-corrected chi connectivity index (χ3v) is 5.98. The molecule has 1 amide bonds. The number of amides is 1. The average Bonchev–Trinajstić information content (AvgIpc) is 2.69. The van der Waals surface area contributed by atoms with Gasteiger partial charge in [0.1, 0.15) is 0 Å². The van der Waals surface area contributed by atoms with Gasteiger partial charge in [0.05, 0.1) is 17.6 Å². The van der Waals surface area contributed by atoms with Gasteiger partial charge in [-0.25, -0.2) is 13.2 Å². The number of carbonyl (C=O) groups is 2.